The van der Waals surface area contributed by atoms with Crippen LogP contribution in [0.25, 0.3) is 0 Å². The second-order valence-electron chi connectivity index (χ2n) is 14.4. The van der Waals surface area contributed by atoms with E-state index >= 15 is 0 Å². The van der Waals surface area contributed by atoms with Crippen molar-refractivity contribution in [3.8, 4) is 0 Å². The first-order chi connectivity index (χ1) is 18.3. The molecule has 0 spiro atoms. The number of carbonyl (C=O) groups is 1. The molecule has 13 unspecified atom stereocenters. The van der Waals surface area contributed by atoms with Gasteiger partial charge in [-0.05, 0) is 113 Å². The molecule has 5 aliphatic rings. The minimum atomic E-state index is -1.54. The summed E-state index contributed by atoms with van der Waals surface area (Å²) in [6, 6.07) is 0. The predicted molar refractivity (Wildman–Crippen MR) is 147 cm³/mol. The minimum absolute atomic E-state index is 0.00573. The molecule has 0 radical (unpaired) electrons. The largest absolute Gasteiger partial charge is 0.394 e. The number of carbonyl (C=O) groups excluding carboxylic acids is 1. The highest BCUT2D eigenvalue weighted by Gasteiger charge is 2.69. The van der Waals surface area contributed by atoms with Crippen LogP contribution in [-0.4, -0.2) is 87.1 Å². The van der Waals surface area contributed by atoms with Gasteiger partial charge in [0.15, 0.2) is 5.78 Å². The molecule has 8 nitrogen and oxygen atoms in total. The normalized spacial score (nSPS) is 50.0. The monoisotopic (exact) mass is 549 g/mol. The van der Waals surface area contributed by atoms with Crippen LogP contribution in [0, 0.1) is 40.4 Å². The summed E-state index contributed by atoms with van der Waals surface area (Å²) in [6.45, 7) is 8.51. The number of rotatable bonds is 7. The first-order valence-corrected chi connectivity index (χ1v) is 15.2. The average Bonchev–Trinajstić information content (AvgIpc) is 3.36. The van der Waals surface area contributed by atoms with Gasteiger partial charge in [-0.1, -0.05) is 20.8 Å². The topological polar surface area (TPSA) is 139 Å². The van der Waals surface area contributed by atoms with Crippen LogP contribution in [0.1, 0.15) is 79.1 Å². The second kappa shape index (κ2) is 10.1. The summed E-state index contributed by atoms with van der Waals surface area (Å²) in [4.78, 5) is 13.4. The van der Waals surface area contributed by atoms with Crippen molar-refractivity contribution in [2.75, 3.05) is 20.2 Å². The Bertz CT molecular complexity index is 984. The van der Waals surface area contributed by atoms with E-state index in [9.17, 15) is 30.3 Å². The maximum absolute atomic E-state index is 13.4. The molecule has 5 rings (SSSR count). The zero-order valence-corrected chi connectivity index (χ0v) is 24.4. The Morgan fingerprint density at radius 1 is 1.18 bits per heavy atom. The Morgan fingerprint density at radius 3 is 2.56 bits per heavy atom. The van der Waals surface area contributed by atoms with Gasteiger partial charge >= 0.3 is 0 Å². The van der Waals surface area contributed by atoms with Crippen molar-refractivity contribution in [3.05, 3.63) is 11.6 Å². The SMILES string of the molecule is CNCCC1C(C)C(CO)OC1C(O)C(C)(O)C1CCC2(O)C3=CC(=O)C4CC(O)CCC4(C)C3CCC12C. The lowest BCUT2D eigenvalue weighted by Crippen LogP contribution is -2.63. The van der Waals surface area contributed by atoms with Gasteiger partial charge in [-0.3, -0.25) is 4.79 Å². The average molecular weight is 550 g/mol. The molecule has 1 saturated heterocycles. The third-order valence-corrected chi connectivity index (χ3v) is 12.6. The first-order valence-electron chi connectivity index (χ1n) is 15.2. The lowest BCUT2D eigenvalue weighted by molar-refractivity contribution is -0.198. The van der Waals surface area contributed by atoms with Gasteiger partial charge < -0.3 is 35.6 Å². The second-order valence-corrected chi connectivity index (χ2v) is 14.4. The molecule has 4 aliphatic carbocycles. The van der Waals surface area contributed by atoms with Gasteiger partial charge in [-0.25, -0.2) is 0 Å². The van der Waals surface area contributed by atoms with Crippen molar-refractivity contribution >= 4 is 5.78 Å². The Labute approximate surface area is 233 Å². The van der Waals surface area contributed by atoms with Crippen molar-refractivity contribution in [2.45, 2.75) is 115 Å². The molecule has 0 bridgehead atoms. The maximum atomic E-state index is 13.4. The van der Waals surface area contributed by atoms with E-state index in [0.29, 0.717) is 32.1 Å². The van der Waals surface area contributed by atoms with Crippen LogP contribution in [-0.2, 0) is 9.53 Å². The van der Waals surface area contributed by atoms with Crippen LogP contribution in [0.5, 0.6) is 0 Å². The summed E-state index contributed by atoms with van der Waals surface area (Å²) in [7, 11) is 1.88. The Hall–Kier alpha value is -0.870. The number of ether oxygens (including phenoxy) is 1. The fourth-order valence-electron chi connectivity index (χ4n) is 10.1. The van der Waals surface area contributed by atoms with E-state index in [-0.39, 0.29) is 41.5 Å². The fourth-order valence-corrected chi connectivity index (χ4v) is 10.1. The lowest BCUT2D eigenvalue weighted by Gasteiger charge is -2.60. The summed E-state index contributed by atoms with van der Waals surface area (Å²) in [5.41, 5.74) is -2.99. The summed E-state index contributed by atoms with van der Waals surface area (Å²) >= 11 is 0. The number of aliphatic hydroxyl groups excluding tert-OH is 3. The van der Waals surface area contributed by atoms with Crippen molar-refractivity contribution in [3.63, 3.8) is 0 Å². The summed E-state index contributed by atoms with van der Waals surface area (Å²) in [5.74, 6) is -0.553. The minimum Gasteiger partial charge on any atom is -0.394 e. The summed E-state index contributed by atoms with van der Waals surface area (Å²) in [6.07, 6.45) is 4.14. The zero-order valence-electron chi connectivity index (χ0n) is 24.4. The molecule has 3 saturated carbocycles. The highest BCUT2D eigenvalue weighted by atomic mass is 16.5. The van der Waals surface area contributed by atoms with Crippen molar-refractivity contribution in [2.24, 2.45) is 40.4 Å². The molecule has 4 fully saturated rings. The van der Waals surface area contributed by atoms with Crippen LogP contribution in [0.4, 0.5) is 0 Å². The molecular formula is C31H51NO7. The predicted octanol–water partition coefficient (Wildman–Crippen LogP) is 1.95. The maximum Gasteiger partial charge on any atom is 0.159 e. The van der Waals surface area contributed by atoms with Crippen LogP contribution in [0.2, 0.25) is 0 Å². The Kier molecular flexibility index (Phi) is 7.70. The van der Waals surface area contributed by atoms with E-state index in [1.54, 1.807) is 13.0 Å². The van der Waals surface area contributed by atoms with E-state index in [4.69, 9.17) is 4.74 Å². The standard InChI is InChI=1S/C31H51NO7/c1-17-19(9-13-32-5)26(39-24(17)16-33)27(36)30(4,37)25-8-12-31(38)21-15-23(35)22-14-18(34)6-10-28(22,2)20(21)7-11-29(25,31)3/h15,17-20,22,24-27,32-34,36-38H,6-14,16H2,1-5H3. The number of hydrogen-bond acceptors (Lipinski definition) is 8. The van der Waals surface area contributed by atoms with Gasteiger partial charge in [0, 0.05) is 11.3 Å². The van der Waals surface area contributed by atoms with E-state index in [2.05, 4.69) is 12.2 Å². The van der Waals surface area contributed by atoms with Crippen molar-refractivity contribution in [1.82, 2.24) is 5.32 Å². The molecule has 8 heteroatoms. The van der Waals surface area contributed by atoms with E-state index in [1.807, 2.05) is 20.9 Å². The molecule has 0 aromatic heterocycles. The molecule has 6 N–H and O–H groups in total. The highest BCUT2D eigenvalue weighted by Crippen LogP contribution is 2.68. The zero-order chi connectivity index (χ0) is 28.5. The van der Waals surface area contributed by atoms with Crippen LogP contribution >= 0.6 is 0 Å². The smallest absolute Gasteiger partial charge is 0.159 e. The molecule has 39 heavy (non-hydrogen) atoms. The van der Waals surface area contributed by atoms with Crippen molar-refractivity contribution in [1.29, 1.82) is 0 Å². The molecule has 13 atom stereocenters. The third kappa shape index (κ3) is 4.23. The molecule has 0 aromatic carbocycles. The molecule has 222 valence electrons. The van der Waals surface area contributed by atoms with Crippen LogP contribution in [0.15, 0.2) is 11.6 Å². The van der Waals surface area contributed by atoms with Crippen molar-refractivity contribution < 1.29 is 35.1 Å². The quantitative estimate of drug-likeness (QED) is 0.283. The number of ketones is 1. The molecular weight excluding hydrogens is 498 g/mol. The number of hydrogen-bond donors (Lipinski definition) is 6. The number of allylic oxidation sites excluding steroid dienone is 1. The van der Waals surface area contributed by atoms with E-state index in [0.717, 1.165) is 31.4 Å². The van der Waals surface area contributed by atoms with Gasteiger partial charge in [0.05, 0.1) is 36.1 Å². The molecule has 0 aromatic rings. The summed E-state index contributed by atoms with van der Waals surface area (Å²) < 4.78 is 6.19. The van der Waals surface area contributed by atoms with Gasteiger partial charge in [0.1, 0.15) is 6.10 Å². The Balaban J connectivity index is 1.45. The van der Waals surface area contributed by atoms with Crippen LogP contribution in [0.3, 0.4) is 0 Å². The highest BCUT2D eigenvalue weighted by molar-refractivity contribution is 5.95. The van der Waals surface area contributed by atoms with Gasteiger partial charge in [-0.2, -0.15) is 0 Å². The Morgan fingerprint density at radius 2 is 1.90 bits per heavy atom. The summed E-state index contributed by atoms with van der Waals surface area (Å²) in [5, 5.41) is 59.7. The number of fused-ring (bicyclic) bond motifs is 5. The van der Waals surface area contributed by atoms with E-state index < -0.39 is 47.0 Å². The lowest BCUT2D eigenvalue weighted by atomic mass is 9.46. The van der Waals surface area contributed by atoms with Gasteiger partial charge in [0.2, 0.25) is 0 Å². The first kappa shape index (κ1) is 29.6. The number of aliphatic hydroxyl groups is 5. The van der Waals surface area contributed by atoms with Gasteiger partial charge in [-0.15, -0.1) is 0 Å². The fraction of sp³-hybridized carbons (Fsp3) is 0.903. The molecule has 1 aliphatic heterocycles. The molecule has 1 heterocycles. The number of nitrogens with one attached hydrogen (secondary N) is 1. The molecule has 0 amide bonds. The van der Waals surface area contributed by atoms with E-state index in [1.165, 1.54) is 0 Å². The third-order valence-electron chi connectivity index (χ3n) is 12.6. The van der Waals surface area contributed by atoms with Crippen LogP contribution < -0.4 is 5.32 Å². The van der Waals surface area contributed by atoms with Gasteiger partial charge in [0.25, 0.3) is 0 Å².